The van der Waals surface area contributed by atoms with Crippen molar-refractivity contribution in [2.75, 3.05) is 6.54 Å². The lowest BCUT2D eigenvalue weighted by atomic mass is 10.1. The highest BCUT2D eigenvalue weighted by Gasteiger charge is 2.21. The van der Waals surface area contributed by atoms with Gasteiger partial charge in [-0.05, 0) is 6.07 Å². The van der Waals surface area contributed by atoms with Gasteiger partial charge in [0.05, 0.1) is 17.0 Å². The van der Waals surface area contributed by atoms with Crippen molar-refractivity contribution in [3.8, 4) is 5.75 Å². The normalized spacial score (nSPS) is 10.0. The molecule has 3 N–H and O–H groups in total. The smallest absolute Gasteiger partial charge is 0.312 e. The lowest BCUT2D eigenvalue weighted by molar-refractivity contribution is -0.386. The number of phenolic OH excluding ortho intramolecular Hbond substituents is 1. The molecule has 80 valence electrons. The van der Waals surface area contributed by atoms with Crippen molar-refractivity contribution in [1.29, 1.82) is 0 Å². The molecular weight excluding hydrogens is 268 g/mol. The molecule has 1 aromatic rings. The Kier molecular flexibility index (Phi) is 3.38. The van der Waals surface area contributed by atoms with E-state index in [1.165, 1.54) is 6.07 Å². The van der Waals surface area contributed by atoms with E-state index >= 15 is 0 Å². The lowest BCUT2D eigenvalue weighted by Crippen LogP contribution is -2.14. The summed E-state index contributed by atoms with van der Waals surface area (Å²) in [7, 11) is 0. The number of nitro groups is 1. The highest BCUT2D eigenvalue weighted by molar-refractivity contribution is 9.10. The summed E-state index contributed by atoms with van der Waals surface area (Å²) in [4.78, 5) is 21.0. The second-order valence-corrected chi connectivity index (χ2v) is 3.62. The van der Waals surface area contributed by atoms with E-state index in [1.807, 2.05) is 0 Å². The Labute approximate surface area is 93.0 Å². The largest absolute Gasteiger partial charge is 0.502 e. The minimum absolute atomic E-state index is 0.154. The Balaban J connectivity index is 3.41. The van der Waals surface area contributed by atoms with Crippen LogP contribution in [0.5, 0.6) is 5.75 Å². The second-order valence-electron chi connectivity index (χ2n) is 2.71. The number of ketones is 1. The average Bonchev–Trinajstić information content (AvgIpc) is 2.19. The molecule has 6 nitrogen and oxygen atoms in total. The van der Waals surface area contributed by atoms with Crippen molar-refractivity contribution >= 4 is 27.4 Å². The predicted octanol–water partition coefficient (Wildman–Crippen LogP) is 1.20. The van der Waals surface area contributed by atoms with Gasteiger partial charge in [-0.15, -0.1) is 0 Å². The van der Waals surface area contributed by atoms with Crippen LogP contribution in [0.15, 0.2) is 16.6 Å². The number of hydrogen-bond acceptors (Lipinski definition) is 5. The van der Waals surface area contributed by atoms with Gasteiger partial charge in [-0.1, -0.05) is 15.9 Å². The summed E-state index contributed by atoms with van der Waals surface area (Å²) in [6.07, 6.45) is 0. The maximum absolute atomic E-state index is 11.2. The van der Waals surface area contributed by atoms with Gasteiger partial charge in [-0.25, -0.2) is 0 Å². The average molecular weight is 275 g/mol. The van der Waals surface area contributed by atoms with Gasteiger partial charge < -0.3 is 10.8 Å². The Bertz CT molecular complexity index is 433. The lowest BCUT2D eigenvalue weighted by Gasteiger charge is -2.03. The van der Waals surface area contributed by atoms with E-state index in [4.69, 9.17) is 5.73 Å². The molecule has 0 amide bonds. The number of benzene rings is 1. The van der Waals surface area contributed by atoms with Crippen LogP contribution in [-0.4, -0.2) is 22.4 Å². The number of aromatic hydroxyl groups is 1. The molecule has 0 aromatic heterocycles. The summed E-state index contributed by atoms with van der Waals surface area (Å²) in [5, 5.41) is 20.0. The molecule has 0 saturated carbocycles. The molecule has 0 aliphatic heterocycles. The monoisotopic (exact) mass is 274 g/mol. The van der Waals surface area contributed by atoms with Crippen LogP contribution in [0.3, 0.4) is 0 Å². The minimum Gasteiger partial charge on any atom is -0.502 e. The van der Waals surface area contributed by atoms with Crippen molar-refractivity contribution in [3.63, 3.8) is 0 Å². The van der Waals surface area contributed by atoms with Crippen LogP contribution in [0, 0.1) is 10.1 Å². The first kappa shape index (κ1) is 11.6. The molecule has 0 fully saturated rings. The summed E-state index contributed by atoms with van der Waals surface area (Å²) >= 11 is 3.00. The fourth-order valence-corrected chi connectivity index (χ4v) is 1.49. The molecule has 1 rings (SSSR count). The SMILES string of the molecule is NCC(=O)c1cc(Br)cc([N+](=O)[O-])c1O. The van der Waals surface area contributed by atoms with Crippen molar-refractivity contribution < 1.29 is 14.8 Å². The van der Waals surface area contributed by atoms with E-state index in [-0.39, 0.29) is 12.1 Å². The first-order valence-electron chi connectivity index (χ1n) is 3.87. The van der Waals surface area contributed by atoms with Gasteiger partial charge >= 0.3 is 5.69 Å². The first-order valence-corrected chi connectivity index (χ1v) is 4.66. The number of carbonyl (C=O) groups is 1. The maximum Gasteiger partial charge on any atom is 0.312 e. The van der Waals surface area contributed by atoms with Crippen LogP contribution < -0.4 is 5.73 Å². The number of hydrogen-bond donors (Lipinski definition) is 2. The van der Waals surface area contributed by atoms with Gasteiger partial charge in [0, 0.05) is 10.5 Å². The van der Waals surface area contributed by atoms with Gasteiger partial charge in [-0.3, -0.25) is 14.9 Å². The molecule has 0 radical (unpaired) electrons. The number of halogens is 1. The number of phenols is 1. The van der Waals surface area contributed by atoms with E-state index in [9.17, 15) is 20.0 Å². The van der Waals surface area contributed by atoms with Crippen LogP contribution in [0.1, 0.15) is 10.4 Å². The van der Waals surface area contributed by atoms with Crippen molar-refractivity contribution in [2.24, 2.45) is 5.73 Å². The molecule has 0 aliphatic rings. The maximum atomic E-state index is 11.2. The van der Waals surface area contributed by atoms with E-state index in [0.29, 0.717) is 4.47 Å². The van der Waals surface area contributed by atoms with Crippen molar-refractivity contribution in [2.45, 2.75) is 0 Å². The van der Waals surface area contributed by atoms with Gasteiger partial charge in [0.2, 0.25) is 5.75 Å². The fraction of sp³-hybridized carbons (Fsp3) is 0.125. The number of nitro benzene ring substituents is 1. The van der Waals surface area contributed by atoms with Crippen molar-refractivity contribution in [1.82, 2.24) is 0 Å². The zero-order chi connectivity index (χ0) is 11.6. The molecule has 0 unspecified atom stereocenters. The third kappa shape index (κ3) is 2.31. The molecule has 7 heteroatoms. The zero-order valence-electron chi connectivity index (χ0n) is 7.44. The van der Waals surface area contributed by atoms with E-state index in [1.54, 1.807) is 0 Å². The topological polar surface area (TPSA) is 106 Å². The highest BCUT2D eigenvalue weighted by Crippen LogP contribution is 2.33. The predicted molar refractivity (Wildman–Crippen MR) is 55.8 cm³/mol. The van der Waals surface area contributed by atoms with Crippen LogP contribution >= 0.6 is 15.9 Å². The standard InChI is InChI=1S/C8H7BrN2O4/c9-4-1-5(7(12)3-10)8(13)6(2-4)11(14)15/h1-2,13H,3,10H2. The van der Waals surface area contributed by atoms with Gasteiger partial charge in [0.25, 0.3) is 0 Å². The Hall–Kier alpha value is -1.47. The van der Waals surface area contributed by atoms with E-state index in [2.05, 4.69) is 15.9 Å². The Morgan fingerprint density at radius 3 is 2.67 bits per heavy atom. The summed E-state index contributed by atoms with van der Waals surface area (Å²) < 4.78 is 0.337. The zero-order valence-corrected chi connectivity index (χ0v) is 9.02. The molecule has 0 spiro atoms. The van der Waals surface area contributed by atoms with E-state index in [0.717, 1.165) is 6.07 Å². The summed E-state index contributed by atoms with van der Waals surface area (Å²) in [6.45, 7) is -0.318. The summed E-state index contributed by atoms with van der Waals surface area (Å²) in [5.74, 6) is -1.21. The van der Waals surface area contributed by atoms with E-state index < -0.39 is 22.1 Å². The number of nitrogens with two attached hydrogens (primary N) is 1. The summed E-state index contributed by atoms with van der Waals surface area (Å²) in [5.41, 5.74) is 4.42. The van der Waals surface area contributed by atoms with Crippen LogP contribution in [0.4, 0.5) is 5.69 Å². The van der Waals surface area contributed by atoms with Gasteiger partial charge in [0.1, 0.15) is 0 Å². The Morgan fingerprint density at radius 1 is 1.60 bits per heavy atom. The number of rotatable bonds is 3. The molecule has 0 aliphatic carbocycles. The fourth-order valence-electron chi connectivity index (χ4n) is 1.05. The van der Waals surface area contributed by atoms with Crippen LogP contribution in [0.2, 0.25) is 0 Å². The molecule has 0 bridgehead atoms. The first-order chi connectivity index (χ1) is 6.97. The molecule has 1 aromatic carbocycles. The Morgan fingerprint density at radius 2 is 2.20 bits per heavy atom. The molecular formula is C8H7BrN2O4. The van der Waals surface area contributed by atoms with Crippen LogP contribution in [0.25, 0.3) is 0 Å². The number of Topliss-reactive ketones (excluding diaryl/α,β-unsaturated/α-hetero) is 1. The summed E-state index contributed by atoms with van der Waals surface area (Å²) in [6, 6.07) is 2.40. The molecule has 15 heavy (non-hydrogen) atoms. The highest BCUT2D eigenvalue weighted by atomic mass is 79.9. The molecule has 0 heterocycles. The van der Waals surface area contributed by atoms with Crippen LogP contribution in [-0.2, 0) is 0 Å². The minimum atomic E-state index is -0.770. The third-order valence-corrected chi connectivity index (χ3v) is 2.19. The second kappa shape index (κ2) is 4.37. The van der Waals surface area contributed by atoms with Gasteiger partial charge in [-0.2, -0.15) is 0 Å². The quantitative estimate of drug-likeness (QED) is 0.489. The van der Waals surface area contributed by atoms with Gasteiger partial charge in [0.15, 0.2) is 5.78 Å². The third-order valence-electron chi connectivity index (χ3n) is 1.74. The number of nitrogens with zero attached hydrogens (tertiary/aromatic N) is 1. The number of carbonyl (C=O) groups excluding carboxylic acids is 1. The molecule has 0 atom stereocenters. The van der Waals surface area contributed by atoms with Crippen molar-refractivity contribution in [3.05, 3.63) is 32.3 Å². The molecule has 0 saturated heterocycles.